The average Bonchev–Trinajstić information content (AvgIpc) is 2.49. The molecule has 1 N–H and O–H groups in total. The number of carboxylic acid groups (broad SMARTS) is 1. The van der Waals surface area contributed by atoms with Crippen molar-refractivity contribution >= 4 is 17.6 Å². The van der Waals surface area contributed by atoms with Crippen LogP contribution < -0.4 is 9.47 Å². The van der Waals surface area contributed by atoms with Gasteiger partial charge in [-0.15, -0.1) is 0 Å². The zero-order valence-electron chi connectivity index (χ0n) is 12.2. The molecule has 2 rings (SSSR count). The first-order valence-electron chi connectivity index (χ1n) is 6.91. The third kappa shape index (κ3) is 4.67. The van der Waals surface area contributed by atoms with Gasteiger partial charge in [-0.1, -0.05) is 17.7 Å². The average molecular weight is 321 g/mol. The molecule has 0 heterocycles. The molecule has 0 saturated carbocycles. The number of ether oxygens (including phenoxy) is 2. The number of carboxylic acids is 1. The van der Waals surface area contributed by atoms with Gasteiger partial charge in [0.2, 0.25) is 0 Å². The van der Waals surface area contributed by atoms with Crippen molar-refractivity contribution < 1.29 is 19.4 Å². The Balaban J connectivity index is 1.75. The quantitative estimate of drug-likeness (QED) is 0.777. The highest BCUT2D eigenvalue weighted by Crippen LogP contribution is 2.22. The van der Waals surface area contributed by atoms with Crippen molar-refractivity contribution in [3.63, 3.8) is 0 Å². The van der Waals surface area contributed by atoms with Crippen LogP contribution in [0.25, 0.3) is 0 Å². The predicted molar refractivity (Wildman–Crippen MR) is 85.2 cm³/mol. The van der Waals surface area contributed by atoms with E-state index in [9.17, 15) is 4.79 Å². The summed E-state index contributed by atoms with van der Waals surface area (Å²) < 4.78 is 11.2. The Morgan fingerprint density at radius 2 is 1.91 bits per heavy atom. The minimum Gasteiger partial charge on any atom is -0.493 e. The molecule has 0 amide bonds. The molecule has 0 aliphatic rings. The first-order chi connectivity index (χ1) is 10.6. The zero-order chi connectivity index (χ0) is 15.9. The Labute approximate surface area is 134 Å². The number of hydrogen-bond donors (Lipinski definition) is 1. The second-order valence-electron chi connectivity index (χ2n) is 4.79. The van der Waals surface area contributed by atoms with E-state index in [1.807, 2.05) is 19.1 Å². The van der Waals surface area contributed by atoms with Gasteiger partial charge in [0, 0.05) is 11.4 Å². The monoisotopic (exact) mass is 320 g/mol. The lowest BCUT2D eigenvalue weighted by molar-refractivity contribution is 0.0696. The maximum atomic E-state index is 10.9. The molecular weight excluding hydrogens is 304 g/mol. The van der Waals surface area contributed by atoms with Crippen molar-refractivity contribution in [3.05, 3.63) is 58.6 Å². The first-order valence-corrected chi connectivity index (χ1v) is 7.29. The lowest BCUT2D eigenvalue weighted by atomic mass is 10.2. The summed E-state index contributed by atoms with van der Waals surface area (Å²) in [5.41, 5.74) is 1.20. The zero-order valence-corrected chi connectivity index (χ0v) is 13.0. The van der Waals surface area contributed by atoms with Crippen molar-refractivity contribution in [2.75, 3.05) is 13.2 Å². The molecule has 4 nitrogen and oxygen atoms in total. The lowest BCUT2D eigenvalue weighted by Crippen LogP contribution is -2.06. The fourth-order valence-corrected chi connectivity index (χ4v) is 2.15. The lowest BCUT2D eigenvalue weighted by Gasteiger charge is -2.10. The molecule has 22 heavy (non-hydrogen) atoms. The topological polar surface area (TPSA) is 55.8 Å². The summed E-state index contributed by atoms with van der Waals surface area (Å²) >= 11 is 5.89. The molecule has 2 aromatic rings. The summed E-state index contributed by atoms with van der Waals surface area (Å²) in [7, 11) is 0. The van der Waals surface area contributed by atoms with Gasteiger partial charge in [-0.3, -0.25) is 0 Å². The van der Waals surface area contributed by atoms with Gasteiger partial charge in [0.25, 0.3) is 0 Å². The molecule has 0 bridgehead atoms. The van der Waals surface area contributed by atoms with Crippen LogP contribution in [-0.2, 0) is 0 Å². The maximum Gasteiger partial charge on any atom is 0.335 e. The SMILES string of the molecule is Cc1cc(Cl)ccc1OCCCOc1cccc(C(=O)O)c1. The van der Waals surface area contributed by atoms with Gasteiger partial charge in [0.15, 0.2) is 0 Å². The van der Waals surface area contributed by atoms with Crippen LogP contribution in [0, 0.1) is 6.92 Å². The molecule has 0 aliphatic carbocycles. The van der Waals surface area contributed by atoms with Gasteiger partial charge in [-0.05, 0) is 48.9 Å². The summed E-state index contributed by atoms with van der Waals surface area (Å²) in [6.45, 7) is 2.91. The minimum atomic E-state index is -0.966. The third-order valence-corrected chi connectivity index (χ3v) is 3.27. The standard InChI is InChI=1S/C17H17ClO4/c1-12-10-14(18)6-7-16(12)22-9-3-8-21-15-5-2-4-13(11-15)17(19)20/h2,4-7,10-11H,3,8-9H2,1H3,(H,19,20). The number of benzene rings is 2. The second-order valence-corrected chi connectivity index (χ2v) is 5.23. The normalized spacial score (nSPS) is 10.3. The van der Waals surface area contributed by atoms with E-state index in [0.29, 0.717) is 30.4 Å². The molecule has 0 atom stereocenters. The molecule has 0 aliphatic heterocycles. The van der Waals surface area contributed by atoms with Gasteiger partial charge in [0.05, 0.1) is 18.8 Å². The predicted octanol–water partition coefficient (Wildman–Crippen LogP) is 4.19. The van der Waals surface area contributed by atoms with E-state index >= 15 is 0 Å². The van der Waals surface area contributed by atoms with Crippen LogP contribution in [0.15, 0.2) is 42.5 Å². The molecular formula is C17H17ClO4. The molecule has 2 aromatic carbocycles. The fourth-order valence-electron chi connectivity index (χ4n) is 1.92. The van der Waals surface area contributed by atoms with Crippen LogP contribution in [0.1, 0.15) is 22.3 Å². The number of carbonyl (C=O) groups is 1. The third-order valence-electron chi connectivity index (χ3n) is 3.03. The van der Waals surface area contributed by atoms with Crippen LogP contribution in [-0.4, -0.2) is 24.3 Å². The minimum absolute atomic E-state index is 0.213. The molecule has 0 spiro atoms. The van der Waals surface area contributed by atoms with Crippen molar-refractivity contribution in [3.8, 4) is 11.5 Å². The first kappa shape index (κ1) is 16.2. The van der Waals surface area contributed by atoms with Crippen molar-refractivity contribution in [2.45, 2.75) is 13.3 Å². The van der Waals surface area contributed by atoms with Gasteiger partial charge in [-0.2, -0.15) is 0 Å². The van der Waals surface area contributed by atoms with E-state index in [-0.39, 0.29) is 5.56 Å². The highest BCUT2D eigenvalue weighted by atomic mass is 35.5. The number of hydrogen-bond acceptors (Lipinski definition) is 3. The Bertz CT molecular complexity index is 655. The summed E-state index contributed by atoms with van der Waals surface area (Å²) in [6, 6.07) is 11.9. The van der Waals surface area contributed by atoms with E-state index in [0.717, 1.165) is 11.3 Å². The van der Waals surface area contributed by atoms with Crippen molar-refractivity contribution in [2.24, 2.45) is 0 Å². The van der Waals surface area contributed by atoms with Crippen molar-refractivity contribution in [1.82, 2.24) is 0 Å². The summed E-state index contributed by atoms with van der Waals surface area (Å²) in [4.78, 5) is 10.9. The molecule has 0 unspecified atom stereocenters. The Morgan fingerprint density at radius 1 is 1.14 bits per heavy atom. The van der Waals surface area contributed by atoms with E-state index in [4.69, 9.17) is 26.2 Å². The Kier molecular flexibility index (Phi) is 5.67. The van der Waals surface area contributed by atoms with Gasteiger partial charge in [0.1, 0.15) is 11.5 Å². The van der Waals surface area contributed by atoms with Crippen LogP contribution >= 0.6 is 11.6 Å². The largest absolute Gasteiger partial charge is 0.493 e. The molecule has 0 radical (unpaired) electrons. The summed E-state index contributed by atoms with van der Waals surface area (Å²) in [6.07, 6.45) is 0.694. The van der Waals surface area contributed by atoms with E-state index < -0.39 is 5.97 Å². The molecule has 0 fully saturated rings. The highest BCUT2D eigenvalue weighted by Gasteiger charge is 2.04. The number of rotatable bonds is 7. The van der Waals surface area contributed by atoms with Crippen LogP contribution in [0.3, 0.4) is 0 Å². The molecule has 0 aromatic heterocycles. The number of halogens is 1. The number of aromatic carboxylic acids is 1. The number of aryl methyl sites for hydroxylation is 1. The smallest absolute Gasteiger partial charge is 0.335 e. The van der Waals surface area contributed by atoms with Crippen LogP contribution in [0.2, 0.25) is 5.02 Å². The fraction of sp³-hybridized carbons (Fsp3) is 0.235. The van der Waals surface area contributed by atoms with Gasteiger partial charge < -0.3 is 14.6 Å². The Hall–Kier alpha value is -2.20. The van der Waals surface area contributed by atoms with E-state index in [1.165, 1.54) is 12.1 Å². The van der Waals surface area contributed by atoms with E-state index in [2.05, 4.69) is 0 Å². The van der Waals surface area contributed by atoms with Crippen LogP contribution in [0.5, 0.6) is 11.5 Å². The maximum absolute atomic E-state index is 10.9. The molecule has 116 valence electrons. The highest BCUT2D eigenvalue weighted by molar-refractivity contribution is 6.30. The summed E-state index contributed by atoms with van der Waals surface area (Å²) in [5.74, 6) is 0.381. The second kappa shape index (κ2) is 7.71. The Morgan fingerprint density at radius 3 is 2.64 bits per heavy atom. The van der Waals surface area contributed by atoms with Gasteiger partial charge >= 0.3 is 5.97 Å². The van der Waals surface area contributed by atoms with Gasteiger partial charge in [-0.25, -0.2) is 4.79 Å². The van der Waals surface area contributed by atoms with E-state index in [1.54, 1.807) is 18.2 Å². The summed E-state index contributed by atoms with van der Waals surface area (Å²) in [5, 5.41) is 9.59. The molecule has 0 saturated heterocycles. The van der Waals surface area contributed by atoms with Crippen LogP contribution in [0.4, 0.5) is 0 Å². The van der Waals surface area contributed by atoms with Crippen molar-refractivity contribution in [1.29, 1.82) is 0 Å². The molecule has 5 heteroatoms.